The summed E-state index contributed by atoms with van der Waals surface area (Å²) in [4.78, 5) is 38.7. The molecule has 3 amide bonds. The Kier molecular flexibility index (Phi) is 5.91. The van der Waals surface area contributed by atoms with Crippen LogP contribution in [0.25, 0.3) is 0 Å². The average molecular weight is 439 g/mol. The minimum absolute atomic E-state index is 0.0562. The second-order valence-electron chi connectivity index (χ2n) is 7.62. The summed E-state index contributed by atoms with van der Waals surface area (Å²) in [6, 6.07) is 9.04. The van der Waals surface area contributed by atoms with Crippen molar-refractivity contribution in [3.63, 3.8) is 0 Å². The number of hydrogen-bond acceptors (Lipinski definition) is 5. The van der Waals surface area contributed by atoms with Gasteiger partial charge in [-0.1, -0.05) is 12.1 Å². The highest BCUT2D eigenvalue weighted by Gasteiger charge is 2.30. The number of nitrogens with one attached hydrogen (secondary N) is 2. The van der Waals surface area contributed by atoms with Crippen molar-refractivity contribution in [3.8, 4) is 5.75 Å². The maximum atomic E-state index is 13.3. The highest BCUT2D eigenvalue weighted by atomic mass is 19.1. The summed E-state index contributed by atoms with van der Waals surface area (Å²) in [5.41, 5.74) is 2.61. The number of aliphatic hydroxyl groups is 1. The third kappa shape index (κ3) is 4.19. The van der Waals surface area contributed by atoms with Crippen LogP contribution in [0.4, 0.5) is 15.8 Å². The summed E-state index contributed by atoms with van der Waals surface area (Å²) >= 11 is 0. The van der Waals surface area contributed by atoms with E-state index in [2.05, 4.69) is 10.6 Å². The maximum Gasteiger partial charge on any atom is 0.265 e. The van der Waals surface area contributed by atoms with Gasteiger partial charge in [0.1, 0.15) is 11.6 Å². The van der Waals surface area contributed by atoms with Crippen LogP contribution in [0.5, 0.6) is 5.75 Å². The molecular formula is C23H22FN3O5. The zero-order valence-corrected chi connectivity index (χ0v) is 17.4. The number of ether oxygens (including phenoxy) is 1. The fraction of sp³-hybridized carbons (Fsp3) is 0.261. The maximum absolute atomic E-state index is 13.3. The number of β-amino-alcohol motifs (C(OH)–C–C–N with tert-alkyl or cyclic N) is 1. The van der Waals surface area contributed by atoms with Gasteiger partial charge in [0.15, 0.2) is 6.61 Å². The number of carbonyl (C=O) groups excluding carboxylic acids is 3. The van der Waals surface area contributed by atoms with Gasteiger partial charge in [-0.15, -0.1) is 0 Å². The predicted octanol–water partition coefficient (Wildman–Crippen LogP) is 1.98. The number of fused-ring (bicyclic) bond motifs is 1. The fourth-order valence-corrected chi connectivity index (χ4v) is 3.85. The van der Waals surface area contributed by atoms with E-state index >= 15 is 0 Å². The second-order valence-corrected chi connectivity index (χ2v) is 7.62. The zero-order chi connectivity index (χ0) is 22.8. The first-order valence-electron chi connectivity index (χ1n) is 10.1. The molecule has 2 heterocycles. The standard InChI is InChI=1S/C23H22FN3O5/c1-13-8-20-19(27(6-7-28)22(30)12-32-20)10-18(13)26-23(31)17-11-25-21(29)9-16(17)14-2-4-15(24)5-3-14/h2-5,8,10-11,16,28H,6-7,9,12H2,1H3,(H,25,29)(H,26,31)/t16-/m0/s1. The molecule has 2 aliphatic rings. The van der Waals surface area contributed by atoms with Gasteiger partial charge in [-0.3, -0.25) is 14.4 Å². The molecule has 2 aliphatic heterocycles. The lowest BCUT2D eigenvalue weighted by molar-refractivity contribution is -0.122. The van der Waals surface area contributed by atoms with Crippen LogP contribution in [0.1, 0.15) is 23.5 Å². The van der Waals surface area contributed by atoms with Crippen LogP contribution < -0.4 is 20.3 Å². The number of halogens is 1. The van der Waals surface area contributed by atoms with Gasteiger partial charge in [-0.2, -0.15) is 0 Å². The molecule has 0 aromatic heterocycles. The van der Waals surface area contributed by atoms with E-state index in [4.69, 9.17) is 4.74 Å². The van der Waals surface area contributed by atoms with Crippen molar-refractivity contribution < 1.29 is 28.6 Å². The first-order valence-corrected chi connectivity index (χ1v) is 10.1. The molecule has 2 aromatic rings. The Hall–Kier alpha value is -3.72. The Balaban J connectivity index is 1.63. The topological polar surface area (TPSA) is 108 Å². The monoisotopic (exact) mass is 439 g/mol. The number of aryl methyl sites for hydroxylation is 1. The molecule has 4 rings (SSSR count). The SMILES string of the molecule is Cc1cc2c(cc1NC(=O)C1=CNC(=O)C[C@H]1c1ccc(F)cc1)N(CCO)C(=O)CO2. The van der Waals surface area contributed by atoms with Crippen molar-refractivity contribution in [2.24, 2.45) is 0 Å². The van der Waals surface area contributed by atoms with E-state index in [0.717, 1.165) is 0 Å². The first kappa shape index (κ1) is 21.5. The Morgan fingerprint density at radius 2 is 2.03 bits per heavy atom. The molecule has 0 aliphatic carbocycles. The summed E-state index contributed by atoms with van der Waals surface area (Å²) in [6.07, 6.45) is 1.42. The molecule has 0 fully saturated rings. The highest BCUT2D eigenvalue weighted by molar-refractivity contribution is 6.07. The number of amides is 3. The van der Waals surface area contributed by atoms with Gasteiger partial charge in [-0.05, 0) is 42.3 Å². The van der Waals surface area contributed by atoms with Crippen LogP contribution in [0.15, 0.2) is 48.2 Å². The summed E-state index contributed by atoms with van der Waals surface area (Å²) in [5.74, 6) is -1.41. The van der Waals surface area contributed by atoms with E-state index in [1.54, 1.807) is 31.2 Å². The van der Waals surface area contributed by atoms with Crippen LogP contribution in [0, 0.1) is 12.7 Å². The van der Waals surface area contributed by atoms with Gasteiger partial charge >= 0.3 is 0 Å². The summed E-state index contributed by atoms with van der Waals surface area (Å²) < 4.78 is 18.8. The van der Waals surface area contributed by atoms with Gasteiger partial charge < -0.3 is 25.4 Å². The molecule has 1 atom stereocenters. The van der Waals surface area contributed by atoms with Crippen LogP contribution in [-0.4, -0.2) is 42.6 Å². The lowest BCUT2D eigenvalue weighted by atomic mass is 9.86. The van der Waals surface area contributed by atoms with Crippen molar-refractivity contribution in [3.05, 3.63) is 65.1 Å². The van der Waals surface area contributed by atoms with Crippen LogP contribution >= 0.6 is 0 Å². The molecule has 0 unspecified atom stereocenters. The number of carbonyl (C=O) groups is 3. The third-order valence-electron chi connectivity index (χ3n) is 5.51. The number of rotatable bonds is 5. The summed E-state index contributed by atoms with van der Waals surface area (Å²) in [7, 11) is 0. The van der Waals surface area contributed by atoms with Gasteiger partial charge in [0.2, 0.25) is 5.91 Å². The normalized spacial score (nSPS) is 17.8. The van der Waals surface area contributed by atoms with E-state index in [0.29, 0.717) is 33.8 Å². The van der Waals surface area contributed by atoms with Gasteiger partial charge in [0.05, 0.1) is 12.3 Å². The van der Waals surface area contributed by atoms with Crippen molar-refractivity contribution in [2.45, 2.75) is 19.3 Å². The van der Waals surface area contributed by atoms with Crippen molar-refractivity contribution in [2.75, 3.05) is 30.0 Å². The third-order valence-corrected chi connectivity index (χ3v) is 5.51. The van der Waals surface area contributed by atoms with Gasteiger partial charge in [0, 0.05) is 36.3 Å². The average Bonchev–Trinajstić information content (AvgIpc) is 2.77. The largest absolute Gasteiger partial charge is 0.482 e. The molecule has 0 spiro atoms. The predicted molar refractivity (Wildman–Crippen MR) is 115 cm³/mol. The minimum Gasteiger partial charge on any atom is -0.482 e. The number of aliphatic hydroxyl groups excluding tert-OH is 1. The van der Waals surface area contributed by atoms with Crippen LogP contribution in [-0.2, 0) is 14.4 Å². The number of nitrogens with zero attached hydrogens (tertiary/aromatic N) is 1. The van der Waals surface area contributed by atoms with Gasteiger partial charge in [-0.25, -0.2) is 4.39 Å². The fourth-order valence-electron chi connectivity index (χ4n) is 3.85. The number of benzene rings is 2. The Bertz CT molecular complexity index is 1110. The van der Waals surface area contributed by atoms with Crippen LogP contribution in [0.2, 0.25) is 0 Å². The first-order chi connectivity index (χ1) is 15.4. The molecule has 2 aromatic carbocycles. The molecule has 3 N–H and O–H groups in total. The van der Waals surface area contributed by atoms with E-state index in [9.17, 15) is 23.9 Å². The number of hydrogen-bond donors (Lipinski definition) is 3. The van der Waals surface area contributed by atoms with E-state index in [1.165, 1.54) is 23.2 Å². The molecule has 32 heavy (non-hydrogen) atoms. The quantitative estimate of drug-likeness (QED) is 0.660. The van der Waals surface area contributed by atoms with E-state index in [-0.39, 0.29) is 38.0 Å². The minimum atomic E-state index is -0.530. The number of anilines is 2. The van der Waals surface area contributed by atoms with Crippen molar-refractivity contribution in [1.82, 2.24) is 5.32 Å². The molecule has 0 saturated heterocycles. The van der Waals surface area contributed by atoms with E-state index < -0.39 is 17.6 Å². The van der Waals surface area contributed by atoms with Crippen molar-refractivity contribution >= 4 is 29.1 Å². The van der Waals surface area contributed by atoms with Crippen LogP contribution in [0.3, 0.4) is 0 Å². The smallest absolute Gasteiger partial charge is 0.265 e. The second kappa shape index (κ2) is 8.80. The summed E-state index contributed by atoms with van der Waals surface area (Å²) in [6.45, 7) is 1.56. The Labute approximate surface area is 183 Å². The molecule has 0 radical (unpaired) electrons. The lowest BCUT2D eigenvalue weighted by Crippen LogP contribution is -2.40. The Morgan fingerprint density at radius 3 is 2.75 bits per heavy atom. The molecular weight excluding hydrogens is 417 g/mol. The molecule has 0 saturated carbocycles. The van der Waals surface area contributed by atoms with Gasteiger partial charge in [0.25, 0.3) is 11.8 Å². The molecule has 9 heteroatoms. The zero-order valence-electron chi connectivity index (χ0n) is 17.4. The molecule has 166 valence electrons. The molecule has 0 bridgehead atoms. The lowest BCUT2D eigenvalue weighted by Gasteiger charge is -2.30. The van der Waals surface area contributed by atoms with E-state index in [1.807, 2.05) is 0 Å². The van der Waals surface area contributed by atoms with Crippen molar-refractivity contribution in [1.29, 1.82) is 0 Å². The molecule has 8 nitrogen and oxygen atoms in total. The highest BCUT2D eigenvalue weighted by Crippen LogP contribution is 2.37. The summed E-state index contributed by atoms with van der Waals surface area (Å²) in [5, 5.41) is 14.7. The Morgan fingerprint density at radius 1 is 1.28 bits per heavy atom.